The van der Waals surface area contributed by atoms with Gasteiger partial charge in [0, 0.05) is 17.4 Å². The van der Waals surface area contributed by atoms with Crippen LogP contribution >= 0.6 is 11.8 Å². The van der Waals surface area contributed by atoms with Gasteiger partial charge < -0.3 is 5.11 Å². The zero-order chi connectivity index (χ0) is 9.40. The van der Waals surface area contributed by atoms with Gasteiger partial charge in [-0.25, -0.2) is 0 Å². The molecule has 0 amide bonds. The maximum absolute atomic E-state index is 10.3. The molecule has 1 N–H and O–H groups in total. The molecule has 0 aromatic carbocycles. The van der Waals surface area contributed by atoms with Crippen LogP contribution < -0.4 is 0 Å². The number of carboxylic acid groups (broad SMARTS) is 1. The van der Waals surface area contributed by atoms with Crippen molar-refractivity contribution in [3.8, 4) is 11.8 Å². The van der Waals surface area contributed by atoms with Crippen molar-refractivity contribution in [3.63, 3.8) is 0 Å². The molecule has 0 saturated carbocycles. The molecule has 0 aromatic heterocycles. The normalized spacial score (nSPS) is 11.5. The number of hydrogen-bond acceptors (Lipinski definition) is 2. The second-order valence-corrected chi connectivity index (χ2v) is 4.00. The van der Waals surface area contributed by atoms with Gasteiger partial charge in [-0.2, -0.15) is 11.8 Å². The van der Waals surface area contributed by atoms with E-state index in [2.05, 4.69) is 11.8 Å². The van der Waals surface area contributed by atoms with Crippen molar-refractivity contribution in [2.24, 2.45) is 0 Å². The van der Waals surface area contributed by atoms with Crippen molar-refractivity contribution in [2.75, 3.05) is 5.75 Å². The van der Waals surface area contributed by atoms with E-state index >= 15 is 0 Å². The zero-order valence-corrected chi connectivity index (χ0v) is 8.28. The summed E-state index contributed by atoms with van der Waals surface area (Å²) in [6, 6.07) is 0. The molecule has 0 heterocycles. The summed E-state index contributed by atoms with van der Waals surface area (Å²) < 4.78 is 0. The van der Waals surface area contributed by atoms with Gasteiger partial charge >= 0.3 is 5.97 Å². The fraction of sp³-hybridized carbons (Fsp3) is 0.667. The molecule has 0 radical (unpaired) electrons. The van der Waals surface area contributed by atoms with E-state index in [1.54, 1.807) is 11.8 Å². The quantitative estimate of drug-likeness (QED) is 0.527. The lowest BCUT2D eigenvalue weighted by atomic mass is 10.3. The predicted octanol–water partition coefficient (Wildman–Crippen LogP) is 2.00. The Bertz CT molecular complexity index is 190. The van der Waals surface area contributed by atoms with Gasteiger partial charge in [0.15, 0.2) is 0 Å². The minimum Gasteiger partial charge on any atom is -0.481 e. The van der Waals surface area contributed by atoms with Crippen molar-refractivity contribution in [3.05, 3.63) is 0 Å². The van der Waals surface area contributed by atoms with E-state index in [0.29, 0.717) is 0 Å². The van der Waals surface area contributed by atoms with E-state index in [1.807, 2.05) is 13.8 Å². The molecule has 0 aliphatic heterocycles. The lowest BCUT2D eigenvalue weighted by molar-refractivity contribution is -0.136. The second kappa shape index (κ2) is 7.05. The van der Waals surface area contributed by atoms with E-state index in [0.717, 1.165) is 12.2 Å². The number of thioether (sulfide) groups is 1. The van der Waals surface area contributed by atoms with Crippen molar-refractivity contribution in [2.45, 2.75) is 31.9 Å². The van der Waals surface area contributed by atoms with Gasteiger partial charge in [0.25, 0.3) is 0 Å². The Kier molecular flexibility index (Phi) is 6.69. The predicted molar refractivity (Wildman–Crippen MR) is 52.2 cm³/mol. The first-order valence-corrected chi connectivity index (χ1v) is 4.94. The third-order valence-corrected chi connectivity index (χ3v) is 2.44. The molecule has 0 aliphatic rings. The molecule has 0 saturated heterocycles. The lowest BCUT2D eigenvalue weighted by Gasteiger charge is -2.05. The number of rotatable bonds is 5. The fourth-order valence-electron chi connectivity index (χ4n) is 0.741. The lowest BCUT2D eigenvalue weighted by Crippen LogP contribution is -2.06. The fourth-order valence-corrected chi connectivity index (χ4v) is 1.62. The second-order valence-electron chi connectivity index (χ2n) is 2.46. The van der Waals surface area contributed by atoms with Gasteiger partial charge in [-0.1, -0.05) is 6.92 Å². The monoisotopic (exact) mass is 186 g/mol. The van der Waals surface area contributed by atoms with E-state index in [9.17, 15) is 4.79 Å². The molecule has 0 bridgehead atoms. The Hall–Kier alpha value is -0.620. The SMILES string of the molecule is CC#CCCSC(C)CC(=O)O. The van der Waals surface area contributed by atoms with Crippen LogP contribution in [0.1, 0.15) is 26.7 Å². The van der Waals surface area contributed by atoms with Crippen LogP contribution in [0.15, 0.2) is 0 Å². The Labute approximate surface area is 77.7 Å². The molecule has 1 unspecified atom stereocenters. The average molecular weight is 186 g/mol. The average Bonchev–Trinajstić information content (AvgIpc) is 1.97. The third kappa shape index (κ3) is 7.49. The molecule has 0 aromatic rings. The van der Waals surface area contributed by atoms with Crippen LogP contribution in [0.3, 0.4) is 0 Å². The summed E-state index contributed by atoms with van der Waals surface area (Å²) in [6.45, 7) is 3.74. The maximum atomic E-state index is 10.3. The number of aliphatic carboxylic acids is 1. The summed E-state index contributed by atoms with van der Waals surface area (Å²) in [5.41, 5.74) is 0. The van der Waals surface area contributed by atoms with Gasteiger partial charge in [0.05, 0.1) is 6.42 Å². The third-order valence-electron chi connectivity index (χ3n) is 1.27. The van der Waals surface area contributed by atoms with Gasteiger partial charge in [0.2, 0.25) is 0 Å². The van der Waals surface area contributed by atoms with Crippen molar-refractivity contribution >= 4 is 17.7 Å². The van der Waals surface area contributed by atoms with E-state index in [-0.39, 0.29) is 11.7 Å². The molecular weight excluding hydrogens is 172 g/mol. The minimum absolute atomic E-state index is 0.196. The van der Waals surface area contributed by atoms with Crippen LogP contribution in [0, 0.1) is 11.8 Å². The molecule has 0 aliphatic carbocycles. The summed E-state index contributed by atoms with van der Waals surface area (Å²) in [4.78, 5) is 10.3. The van der Waals surface area contributed by atoms with E-state index < -0.39 is 5.97 Å². The first kappa shape index (κ1) is 11.4. The summed E-state index contributed by atoms with van der Waals surface area (Å²) in [7, 11) is 0. The van der Waals surface area contributed by atoms with Crippen molar-refractivity contribution in [1.82, 2.24) is 0 Å². The molecule has 0 fully saturated rings. The molecular formula is C9H14O2S. The smallest absolute Gasteiger partial charge is 0.304 e. The number of carbonyl (C=O) groups is 1. The molecule has 68 valence electrons. The highest BCUT2D eigenvalue weighted by Gasteiger charge is 2.06. The summed E-state index contributed by atoms with van der Waals surface area (Å²) >= 11 is 1.66. The molecule has 12 heavy (non-hydrogen) atoms. The molecule has 1 atom stereocenters. The number of carboxylic acids is 1. The number of hydrogen-bond donors (Lipinski definition) is 1. The summed E-state index contributed by atoms with van der Waals surface area (Å²) in [5, 5.41) is 8.64. The maximum Gasteiger partial charge on any atom is 0.304 e. The molecule has 0 rings (SSSR count). The van der Waals surface area contributed by atoms with Crippen LogP contribution in [-0.2, 0) is 4.79 Å². The largest absolute Gasteiger partial charge is 0.481 e. The van der Waals surface area contributed by atoms with Crippen LogP contribution in [0.2, 0.25) is 0 Å². The Morgan fingerprint density at radius 2 is 2.33 bits per heavy atom. The first-order valence-electron chi connectivity index (χ1n) is 3.89. The summed E-state index contributed by atoms with van der Waals surface area (Å²) in [6.07, 6.45) is 1.09. The van der Waals surface area contributed by atoms with Gasteiger partial charge in [-0.15, -0.1) is 11.8 Å². The highest BCUT2D eigenvalue weighted by Crippen LogP contribution is 2.14. The van der Waals surface area contributed by atoms with Crippen LogP contribution in [0.25, 0.3) is 0 Å². The van der Waals surface area contributed by atoms with Gasteiger partial charge in [0.1, 0.15) is 0 Å². The van der Waals surface area contributed by atoms with Crippen LogP contribution in [0.5, 0.6) is 0 Å². The van der Waals surface area contributed by atoms with Crippen molar-refractivity contribution < 1.29 is 9.90 Å². The highest BCUT2D eigenvalue weighted by atomic mass is 32.2. The first-order chi connectivity index (χ1) is 5.66. The topological polar surface area (TPSA) is 37.3 Å². The van der Waals surface area contributed by atoms with E-state index in [1.165, 1.54) is 0 Å². The highest BCUT2D eigenvalue weighted by molar-refractivity contribution is 7.99. The van der Waals surface area contributed by atoms with Crippen molar-refractivity contribution in [1.29, 1.82) is 0 Å². The Balaban J connectivity index is 3.35. The summed E-state index contributed by atoms with van der Waals surface area (Å²) in [5.74, 6) is 5.94. The Morgan fingerprint density at radius 1 is 1.67 bits per heavy atom. The zero-order valence-electron chi connectivity index (χ0n) is 7.46. The van der Waals surface area contributed by atoms with Gasteiger partial charge in [-0.05, 0) is 6.92 Å². The standard InChI is InChI=1S/C9H14O2S/c1-3-4-5-6-12-8(2)7-9(10)11/h8H,5-7H2,1-2H3,(H,10,11). The molecule has 2 nitrogen and oxygen atoms in total. The molecule has 0 spiro atoms. The van der Waals surface area contributed by atoms with Crippen LogP contribution in [0.4, 0.5) is 0 Å². The minimum atomic E-state index is -0.725. The van der Waals surface area contributed by atoms with Gasteiger partial charge in [-0.3, -0.25) is 4.79 Å². The molecule has 3 heteroatoms. The van der Waals surface area contributed by atoms with E-state index in [4.69, 9.17) is 5.11 Å². The van der Waals surface area contributed by atoms with Crippen LogP contribution in [-0.4, -0.2) is 22.1 Å². The Morgan fingerprint density at radius 3 is 2.83 bits per heavy atom.